The summed E-state index contributed by atoms with van der Waals surface area (Å²) in [5.41, 5.74) is 4.75. The van der Waals surface area contributed by atoms with Gasteiger partial charge in [0.15, 0.2) is 0 Å². The molecule has 2 heterocycles. The Kier molecular flexibility index (Phi) is 7.82. The first-order chi connectivity index (χ1) is 16.9. The van der Waals surface area contributed by atoms with E-state index in [1.807, 2.05) is 0 Å². The van der Waals surface area contributed by atoms with Crippen LogP contribution >= 0.6 is 0 Å². The summed E-state index contributed by atoms with van der Waals surface area (Å²) in [6.07, 6.45) is -2.85. The fraction of sp³-hybridized carbons (Fsp3) is 0.238. The summed E-state index contributed by atoms with van der Waals surface area (Å²) in [5.74, 6) is -1.50. The number of halogens is 3. The van der Waals surface area contributed by atoms with Crippen LogP contribution in [0.1, 0.15) is 28.4 Å². The summed E-state index contributed by atoms with van der Waals surface area (Å²) in [7, 11) is -2.30. The topological polar surface area (TPSA) is 161 Å². The van der Waals surface area contributed by atoms with Crippen LogP contribution in [0, 0.1) is 0 Å². The molecule has 192 valence electrons. The standard InChI is InChI=1S/C21H22F3N7O4S/c1-3-36(33,34)31-18-13(5-4-8-26-18)10-27-19-14(21(22,23)24)11-28-20(30-19)29-15-9-12(17(25)32)6-7-16(15)35-2/h4-9,11H,3,10H2,1-2H3,(H2,25,32)(H,26,31)(H2,27,28,29,30). The summed E-state index contributed by atoms with van der Waals surface area (Å²) in [6.45, 7) is 1.19. The maximum absolute atomic E-state index is 13.6. The largest absolute Gasteiger partial charge is 0.495 e. The molecule has 0 aliphatic heterocycles. The van der Waals surface area contributed by atoms with Gasteiger partial charge in [0.1, 0.15) is 22.9 Å². The van der Waals surface area contributed by atoms with E-state index in [-0.39, 0.29) is 46.6 Å². The van der Waals surface area contributed by atoms with Gasteiger partial charge in [0.2, 0.25) is 21.9 Å². The zero-order valence-electron chi connectivity index (χ0n) is 19.0. The van der Waals surface area contributed by atoms with Gasteiger partial charge in [-0.05, 0) is 31.2 Å². The molecule has 36 heavy (non-hydrogen) atoms. The number of nitrogens with zero attached hydrogens (tertiary/aromatic N) is 3. The van der Waals surface area contributed by atoms with Crippen molar-refractivity contribution < 1.29 is 31.1 Å². The molecule has 0 saturated carbocycles. The molecule has 15 heteroatoms. The van der Waals surface area contributed by atoms with E-state index in [1.165, 1.54) is 50.6 Å². The Hall–Kier alpha value is -4.14. The lowest BCUT2D eigenvalue weighted by Crippen LogP contribution is -2.18. The van der Waals surface area contributed by atoms with Crippen molar-refractivity contribution in [1.82, 2.24) is 15.0 Å². The number of nitrogens with one attached hydrogen (secondary N) is 3. The number of anilines is 4. The minimum absolute atomic E-state index is 0.0270. The number of methoxy groups -OCH3 is 1. The van der Waals surface area contributed by atoms with E-state index in [0.717, 1.165) is 0 Å². The average molecular weight is 526 g/mol. The van der Waals surface area contributed by atoms with E-state index in [9.17, 15) is 26.4 Å². The second-order valence-corrected chi connectivity index (χ2v) is 9.24. The Bertz CT molecular complexity index is 1370. The molecule has 0 bridgehead atoms. The van der Waals surface area contributed by atoms with Gasteiger partial charge in [0, 0.05) is 30.1 Å². The third-order valence-electron chi connectivity index (χ3n) is 4.79. The van der Waals surface area contributed by atoms with Crippen molar-refractivity contribution in [1.29, 1.82) is 0 Å². The molecule has 0 unspecified atom stereocenters. The zero-order chi connectivity index (χ0) is 26.5. The summed E-state index contributed by atoms with van der Waals surface area (Å²) in [6, 6.07) is 7.23. The van der Waals surface area contributed by atoms with Gasteiger partial charge in [-0.15, -0.1) is 0 Å². The SMILES string of the molecule is CCS(=O)(=O)Nc1ncccc1CNc1nc(Nc2cc(C(N)=O)ccc2OC)ncc1C(F)(F)F. The highest BCUT2D eigenvalue weighted by atomic mass is 32.2. The third kappa shape index (κ3) is 6.50. The Balaban J connectivity index is 1.94. The van der Waals surface area contributed by atoms with E-state index in [2.05, 4.69) is 30.3 Å². The highest BCUT2D eigenvalue weighted by molar-refractivity contribution is 7.92. The highest BCUT2D eigenvalue weighted by Crippen LogP contribution is 2.35. The molecule has 3 aromatic rings. The van der Waals surface area contributed by atoms with E-state index in [1.54, 1.807) is 0 Å². The minimum Gasteiger partial charge on any atom is -0.495 e. The fourth-order valence-corrected chi connectivity index (χ4v) is 3.56. The molecule has 2 aromatic heterocycles. The smallest absolute Gasteiger partial charge is 0.421 e. The summed E-state index contributed by atoms with van der Waals surface area (Å²) >= 11 is 0. The first-order valence-corrected chi connectivity index (χ1v) is 12.0. The van der Waals surface area contributed by atoms with Crippen LogP contribution in [-0.2, 0) is 22.7 Å². The number of hydrogen-bond acceptors (Lipinski definition) is 9. The van der Waals surface area contributed by atoms with Crippen LogP contribution in [0.5, 0.6) is 5.75 Å². The van der Waals surface area contributed by atoms with Crippen LogP contribution in [0.4, 0.5) is 36.4 Å². The number of aromatic nitrogens is 3. The Morgan fingerprint density at radius 3 is 2.56 bits per heavy atom. The highest BCUT2D eigenvalue weighted by Gasteiger charge is 2.35. The Labute approximate surface area is 204 Å². The number of benzene rings is 1. The Morgan fingerprint density at radius 2 is 1.92 bits per heavy atom. The maximum atomic E-state index is 13.6. The molecule has 0 spiro atoms. The predicted molar refractivity (Wildman–Crippen MR) is 126 cm³/mol. The van der Waals surface area contributed by atoms with Crippen molar-refractivity contribution in [3.8, 4) is 5.75 Å². The van der Waals surface area contributed by atoms with Crippen LogP contribution in [-0.4, -0.2) is 42.1 Å². The molecular formula is C21H22F3N7O4S. The molecule has 1 aromatic carbocycles. The van der Waals surface area contributed by atoms with Crippen molar-refractivity contribution in [3.63, 3.8) is 0 Å². The van der Waals surface area contributed by atoms with Crippen LogP contribution in [0.15, 0.2) is 42.7 Å². The molecule has 0 aliphatic rings. The van der Waals surface area contributed by atoms with Gasteiger partial charge < -0.3 is 21.1 Å². The molecule has 0 atom stereocenters. The van der Waals surface area contributed by atoms with Crippen molar-refractivity contribution in [2.75, 3.05) is 28.2 Å². The fourth-order valence-electron chi connectivity index (χ4n) is 2.94. The third-order valence-corrected chi connectivity index (χ3v) is 6.06. The van der Waals surface area contributed by atoms with Crippen LogP contribution in [0.2, 0.25) is 0 Å². The summed E-state index contributed by atoms with van der Waals surface area (Å²) in [5, 5.41) is 5.29. The van der Waals surface area contributed by atoms with Crippen molar-refractivity contribution >= 4 is 39.2 Å². The van der Waals surface area contributed by atoms with Gasteiger partial charge in [-0.25, -0.2) is 18.4 Å². The summed E-state index contributed by atoms with van der Waals surface area (Å²) in [4.78, 5) is 23.1. The number of amides is 1. The molecule has 3 rings (SSSR count). The van der Waals surface area contributed by atoms with Crippen LogP contribution < -0.4 is 25.8 Å². The van der Waals surface area contributed by atoms with E-state index in [0.29, 0.717) is 6.20 Å². The second-order valence-electron chi connectivity index (χ2n) is 7.23. The van der Waals surface area contributed by atoms with Gasteiger partial charge in [0.05, 0.1) is 18.6 Å². The quantitative estimate of drug-likeness (QED) is 0.312. The predicted octanol–water partition coefficient (Wildman–Crippen LogP) is 3.12. The van der Waals surface area contributed by atoms with Crippen molar-refractivity contribution in [2.45, 2.75) is 19.6 Å². The zero-order valence-corrected chi connectivity index (χ0v) is 19.9. The van der Waals surface area contributed by atoms with E-state index >= 15 is 0 Å². The average Bonchev–Trinajstić information content (AvgIpc) is 2.82. The Morgan fingerprint density at radius 1 is 1.17 bits per heavy atom. The van der Waals surface area contributed by atoms with Gasteiger partial charge in [-0.1, -0.05) is 6.07 Å². The number of alkyl halides is 3. The number of rotatable bonds is 10. The minimum atomic E-state index is -4.79. The molecule has 11 nitrogen and oxygen atoms in total. The number of carbonyl (C=O) groups excluding carboxylic acids is 1. The number of hydrogen-bond donors (Lipinski definition) is 4. The van der Waals surface area contributed by atoms with Crippen molar-refractivity contribution in [2.24, 2.45) is 5.73 Å². The molecule has 0 fully saturated rings. The number of primary amides is 1. The summed E-state index contributed by atoms with van der Waals surface area (Å²) < 4.78 is 72.2. The number of nitrogens with two attached hydrogens (primary N) is 1. The van der Waals surface area contributed by atoms with E-state index in [4.69, 9.17) is 10.5 Å². The normalized spacial score (nSPS) is 11.6. The van der Waals surface area contributed by atoms with Crippen molar-refractivity contribution in [3.05, 3.63) is 59.4 Å². The van der Waals surface area contributed by atoms with E-state index < -0.39 is 33.5 Å². The molecule has 0 radical (unpaired) electrons. The number of carbonyl (C=O) groups is 1. The monoisotopic (exact) mass is 525 g/mol. The molecular weight excluding hydrogens is 503 g/mol. The van der Waals surface area contributed by atoms with Crippen LogP contribution in [0.25, 0.3) is 0 Å². The van der Waals surface area contributed by atoms with Crippen LogP contribution in [0.3, 0.4) is 0 Å². The maximum Gasteiger partial charge on any atom is 0.421 e. The lowest BCUT2D eigenvalue weighted by molar-refractivity contribution is -0.137. The number of sulfonamides is 1. The first-order valence-electron chi connectivity index (χ1n) is 10.3. The molecule has 0 aliphatic carbocycles. The number of pyridine rings is 1. The lowest BCUT2D eigenvalue weighted by Gasteiger charge is -2.17. The first kappa shape index (κ1) is 26.5. The molecule has 1 amide bonds. The number of ether oxygens (including phenoxy) is 1. The lowest BCUT2D eigenvalue weighted by atomic mass is 10.2. The van der Waals surface area contributed by atoms with Gasteiger partial charge in [-0.2, -0.15) is 18.2 Å². The second kappa shape index (κ2) is 10.6. The molecule has 0 saturated heterocycles. The molecule has 5 N–H and O–H groups in total. The van der Waals surface area contributed by atoms with Gasteiger partial charge >= 0.3 is 6.18 Å². The van der Waals surface area contributed by atoms with Gasteiger partial charge in [0.25, 0.3) is 0 Å². The van der Waals surface area contributed by atoms with Gasteiger partial charge in [-0.3, -0.25) is 9.52 Å².